The molecule has 6 nitrogen and oxygen atoms in total. The van der Waals surface area contributed by atoms with Crippen molar-refractivity contribution in [1.82, 2.24) is 4.98 Å². The molecule has 0 aliphatic carbocycles. The molecule has 30 heavy (non-hydrogen) atoms. The Morgan fingerprint density at radius 3 is 2.47 bits per heavy atom. The molecular weight excluding hydrogens is 420 g/mol. The number of fused-ring (bicyclic) bond motifs is 1. The summed E-state index contributed by atoms with van der Waals surface area (Å²) in [6.07, 6.45) is 0.503. The molecule has 1 heterocycles. The van der Waals surface area contributed by atoms with Gasteiger partial charge in [0, 0.05) is 11.3 Å². The lowest BCUT2D eigenvalue weighted by Crippen LogP contribution is -2.14. The Morgan fingerprint density at radius 1 is 1.07 bits per heavy atom. The molecule has 8 heteroatoms. The number of carboxylic acids is 1. The second-order valence-corrected chi connectivity index (χ2v) is 9.36. The van der Waals surface area contributed by atoms with Crippen LogP contribution in [0.15, 0.2) is 71.6 Å². The summed E-state index contributed by atoms with van der Waals surface area (Å²) in [5, 5.41) is 10.2. The van der Waals surface area contributed by atoms with Crippen molar-refractivity contribution < 1.29 is 18.3 Å². The van der Waals surface area contributed by atoms with Crippen molar-refractivity contribution >= 4 is 43.2 Å². The van der Waals surface area contributed by atoms with E-state index in [-0.39, 0.29) is 10.5 Å². The third kappa shape index (κ3) is 3.92. The minimum Gasteiger partial charge on any atom is -0.478 e. The standard InChI is InChI=1S/C22H18N2O4S2/c1-2-14-9-12-17(13-18(14)22(25)26)30(27,28)24-16-10-7-15(8-11-16)21-23-19-5-3-4-6-20(19)29-21/h3-13,24H,2H2,1H3,(H,25,26). The minimum atomic E-state index is -3.92. The number of anilines is 1. The number of sulfonamides is 1. The second kappa shape index (κ2) is 7.89. The molecule has 0 amide bonds. The number of para-hydroxylation sites is 1. The van der Waals surface area contributed by atoms with Crippen LogP contribution in [0.4, 0.5) is 5.69 Å². The molecule has 0 atom stereocenters. The summed E-state index contributed by atoms with van der Waals surface area (Å²) in [4.78, 5) is 15.9. The zero-order chi connectivity index (χ0) is 21.3. The van der Waals surface area contributed by atoms with Crippen LogP contribution >= 0.6 is 11.3 Å². The van der Waals surface area contributed by atoms with E-state index in [1.165, 1.54) is 18.2 Å². The highest BCUT2D eigenvalue weighted by atomic mass is 32.2. The lowest BCUT2D eigenvalue weighted by atomic mass is 10.1. The predicted molar refractivity (Wildman–Crippen MR) is 119 cm³/mol. The van der Waals surface area contributed by atoms with E-state index in [0.717, 1.165) is 20.8 Å². The average molecular weight is 439 g/mol. The van der Waals surface area contributed by atoms with E-state index in [2.05, 4.69) is 9.71 Å². The monoisotopic (exact) mass is 438 g/mol. The van der Waals surface area contributed by atoms with Gasteiger partial charge in [-0.1, -0.05) is 25.1 Å². The minimum absolute atomic E-state index is 0.00782. The van der Waals surface area contributed by atoms with Gasteiger partial charge >= 0.3 is 5.97 Å². The first-order valence-electron chi connectivity index (χ1n) is 9.22. The Bertz CT molecular complexity index is 1310. The molecule has 0 aliphatic heterocycles. The molecule has 4 rings (SSSR count). The zero-order valence-electron chi connectivity index (χ0n) is 16.0. The van der Waals surface area contributed by atoms with Gasteiger partial charge in [0.1, 0.15) is 5.01 Å². The van der Waals surface area contributed by atoms with E-state index >= 15 is 0 Å². The van der Waals surface area contributed by atoms with Crippen LogP contribution in [0, 0.1) is 0 Å². The Kier molecular flexibility index (Phi) is 5.27. The fourth-order valence-electron chi connectivity index (χ4n) is 3.12. The van der Waals surface area contributed by atoms with E-state index in [4.69, 9.17) is 0 Å². The molecule has 0 fully saturated rings. The van der Waals surface area contributed by atoms with Crippen molar-refractivity contribution in [3.8, 4) is 10.6 Å². The van der Waals surface area contributed by atoms with Crippen LogP contribution in [0.1, 0.15) is 22.8 Å². The highest BCUT2D eigenvalue weighted by Crippen LogP contribution is 2.31. The molecule has 0 radical (unpaired) electrons. The summed E-state index contributed by atoms with van der Waals surface area (Å²) >= 11 is 1.57. The Morgan fingerprint density at radius 2 is 1.80 bits per heavy atom. The molecule has 3 aromatic carbocycles. The molecule has 1 aromatic heterocycles. The van der Waals surface area contributed by atoms with Crippen LogP contribution in [-0.2, 0) is 16.4 Å². The SMILES string of the molecule is CCc1ccc(S(=O)(=O)Nc2ccc(-c3nc4ccccc4s3)cc2)cc1C(=O)O. The maximum atomic E-state index is 12.7. The first-order valence-corrected chi connectivity index (χ1v) is 11.5. The van der Waals surface area contributed by atoms with Crippen molar-refractivity contribution in [2.24, 2.45) is 0 Å². The van der Waals surface area contributed by atoms with Crippen molar-refractivity contribution in [3.05, 3.63) is 77.9 Å². The summed E-state index contributed by atoms with van der Waals surface area (Å²) in [5.74, 6) is -1.15. The molecular formula is C22H18N2O4S2. The maximum absolute atomic E-state index is 12.7. The third-order valence-corrected chi connectivity index (χ3v) is 7.15. The van der Waals surface area contributed by atoms with E-state index in [1.54, 1.807) is 35.6 Å². The normalized spacial score (nSPS) is 11.5. The lowest BCUT2D eigenvalue weighted by Gasteiger charge is -2.11. The van der Waals surface area contributed by atoms with Crippen molar-refractivity contribution in [1.29, 1.82) is 0 Å². The maximum Gasteiger partial charge on any atom is 0.336 e. The van der Waals surface area contributed by atoms with Crippen molar-refractivity contribution in [2.75, 3.05) is 4.72 Å². The van der Waals surface area contributed by atoms with Crippen molar-refractivity contribution in [3.63, 3.8) is 0 Å². The molecule has 152 valence electrons. The molecule has 0 aliphatic rings. The van der Waals surface area contributed by atoms with Gasteiger partial charge in [0.05, 0.1) is 20.7 Å². The summed E-state index contributed by atoms with van der Waals surface area (Å²) in [7, 11) is -3.92. The summed E-state index contributed by atoms with van der Waals surface area (Å²) in [6, 6.07) is 18.9. The van der Waals surface area contributed by atoms with Gasteiger partial charge in [-0.3, -0.25) is 4.72 Å². The van der Waals surface area contributed by atoms with E-state index < -0.39 is 16.0 Å². The highest BCUT2D eigenvalue weighted by Gasteiger charge is 2.19. The highest BCUT2D eigenvalue weighted by molar-refractivity contribution is 7.92. The van der Waals surface area contributed by atoms with Crippen LogP contribution in [-0.4, -0.2) is 24.5 Å². The molecule has 0 saturated carbocycles. The van der Waals surface area contributed by atoms with E-state index in [9.17, 15) is 18.3 Å². The quantitative estimate of drug-likeness (QED) is 0.440. The lowest BCUT2D eigenvalue weighted by molar-refractivity contribution is 0.0695. The second-order valence-electron chi connectivity index (χ2n) is 6.65. The van der Waals surface area contributed by atoms with Gasteiger partial charge in [-0.15, -0.1) is 11.3 Å². The summed E-state index contributed by atoms with van der Waals surface area (Å²) in [6.45, 7) is 1.82. The molecule has 0 bridgehead atoms. The summed E-state index contributed by atoms with van der Waals surface area (Å²) in [5.41, 5.74) is 2.77. The van der Waals surface area contributed by atoms with Crippen LogP contribution in [0.25, 0.3) is 20.8 Å². The number of benzene rings is 3. The van der Waals surface area contributed by atoms with E-state index in [0.29, 0.717) is 17.7 Å². The number of thiazole rings is 1. The Labute approximate surface area is 177 Å². The van der Waals surface area contributed by atoms with Crippen molar-refractivity contribution in [2.45, 2.75) is 18.2 Å². The number of nitrogens with zero attached hydrogens (tertiary/aromatic N) is 1. The molecule has 0 unspecified atom stereocenters. The zero-order valence-corrected chi connectivity index (χ0v) is 17.6. The molecule has 4 aromatic rings. The van der Waals surface area contributed by atoms with Gasteiger partial charge in [-0.25, -0.2) is 18.2 Å². The predicted octanol–water partition coefficient (Wildman–Crippen LogP) is 5.02. The van der Waals surface area contributed by atoms with Gasteiger partial charge in [-0.2, -0.15) is 0 Å². The Balaban J connectivity index is 1.59. The number of aromatic nitrogens is 1. The smallest absolute Gasteiger partial charge is 0.336 e. The number of carbonyl (C=O) groups is 1. The van der Waals surface area contributed by atoms with Gasteiger partial charge in [0.2, 0.25) is 0 Å². The molecule has 0 spiro atoms. The largest absolute Gasteiger partial charge is 0.478 e. The van der Waals surface area contributed by atoms with Crippen LogP contribution in [0.3, 0.4) is 0 Å². The molecule has 0 saturated heterocycles. The average Bonchev–Trinajstić information content (AvgIpc) is 3.17. The summed E-state index contributed by atoms with van der Waals surface area (Å²) < 4.78 is 29.1. The Hall–Kier alpha value is -3.23. The van der Waals surface area contributed by atoms with Crippen LogP contribution < -0.4 is 4.72 Å². The van der Waals surface area contributed by atoms with Crippen LogP contribution in [0.2, 0.25) is 0 Å². The van der Waals surface area contributed by atoms with Gasteiger partial charge in [-0.05, 0) is 60.5 Å². The van der Waals surface area contributed by atoms with Gasteiger partial charge in [0.15, 0.2) is 0 Å². The number of rotatable bonds is 6. The number of hydrogen-bond donors (Lipinski definition) is 2. The van der Waals surface area contributed by atoms with Gasteiger partial charge in [0.25, 0.3) is 10.0 Å². The number of aromatic carboxylic acids is 1. The number of carboxylic acid groups (broad SMARTS) is 1. The number of aryl methyl sites for hydroxylation is 1. The number of nitrogens with one attached hydrogen (secondary N) is 1. The fraction of sp³-hybridized carbons (Fsp3) is 0.0909. The van der Waals surface area contributed by atoms with Crippen LogP contribution in [0.5, 0.6) is 0 Å². The fourth-order valence-corrected chi connectivity index (χ4v) is 5.18. The van der Waals surface area contributed by atoms with E-state index in [1.807, 2.05) is 31.2 Å². The molecule has 2 N–H and O–H groups in total. The topological polar surface area (TPSA) is 96.4 Å². The first kappa shape index (κ1) is 20.1. The first-order chi connectivity index (χ1) is 14.4. The number of hydrogen-bond acceptors (Lipinski definition) is 5. The van der Waals surface area contributed by atoms with Gasteiger partial charge < -0.3 is 5.11 Å². The third-order valence-electron chi connectivity index (χ3n) is 4.68.